The van der Waals surface area contributed by atoms with Crippen molar-refractivity contribution in [3.8, 4) is 5.69 Å². The average molecular weight is 422 g/mol. The molecule has 0 saturated carbocycles. The molecule has 1 amide bonds. The van der Waals surface area contributed by atoms with E-state index >= 15 is 0 Å². The fourth-order valence-corrected chi connectivity index (χ4v) is 3.30. The first-order valence-corrected chi connectivity index (χ1v) is 8.88. The highest BCUT2D eigenvalue weighted by Gasteiger charge is 2.19. The zero-order chi connectivity index (χ0) is 19.0. The Morgan fingerprint density at radius 3 is 2.82 bits per heavy atom. The molecule has 2 N–H and O–H groups in total. The number of benzene rings is 2. The number of nitrogens with zero attached hydrogens (tertiary/aromatic N) is 3. The Hall–Kier alpha value is -2.48. The predicted molar refractivity (Wildman–Crippen MR) is 106 cm³/mol. The molecule has 0 radical (unpaired) electrons. The van der Waals surface area contributed by atoms with Gasteiger partial charge in [0.25, 0.3) is 5.91 Å². The zero-order valence-electron chi connectivity index (χ0n) is 15.0. The zero-order valence-corrected chi connectivity index (χ0v) is 16.6. The van der Waals surface area contributed by atoms with E-state index in [0.29, 0.717) is 12.2 Å². The summed E-state index contributed by atoms with van der Waals surface area (Å²) >= 11 is 5.78. The van der Waals surface area contributed by atoms with Crippen molar-refractivity contribution in [2.45, 2.75) is 26.6 Å². The molecule has 0 atom stereocenters. The molecule has 2 heterocycles. The molecule has 9 heteroatoms. The molecule has 1 aromatic heterocycles. The number of hydrogen-bond donors (Lipinski definition) is 2. The van der Waals surface area contributed by atoms with Crippen LogP contribution < -0.4 is 10.6 Å². The minimum absolute atomic E-state index is 0. The molecule has 2 aromatic carbocycles. The molecular formula is C19H18Cl2FN5O. The van der Waals surface area contributed by atoms with Crippen molar-refractivity contribution in [1.29, 1.82) is 0 Å². The van der Waals surface area contributed by atoms with Crippen LogP contribution in [-0.4, -0.2) is 20.9 Å². The molecule has 0 aliphatic carbocycles. The molecule has 0 bridgehead atoms. The summed E-state index contributed by atoms with van der Waals surface area (Å²) in [4.78, 5) is 12.5. The van der Waals surface area contributed by atoms with Gasteiger partial charge < -0.3 is 10.6 Å². The van der Waals surface area contributed by atoms with Gasteiger partial charge in [-0.2, -0.15) is 0 Å². The van der Waals surface area contributed by atoms with Crippen molar-refractivity contribution < 1.29 is 9.18 Å². The Morgan fingerprint density at radius 2 is 2.04 bits per heavy atom. The third-order valence-electron chi connectivity index (χ3n) is 4.60. The van der Waals surface area contributed by atoms with E-state index in [1.54, 1.807) is 13.0 Å². The van der Waals surface area contributed by atoms with Gasteiger partial charge in [0, 0.05) is 24.7 Å². The summed E-state index contributed by atoms with van der Waals surface area (Å²) in [6, 6.07) is 10.4. The van der Waals surface area contributed by atoms with Crippen LogP contribution in [0.4, 0.5) is 4.39 Å². The maximum Gasteiger partial charge on any atom is 0.274 e. The Bertz CT molecular complexity index is 1040. The molecule has 1 aliphatic heterocycles. The molecule has 0 spiro atoms. The van der Waals surface area contributed by atoms with E-state index in [-0.39, 0.29) is 34.7 Å². The maximum absolute atomic E-state index is 14.1. The van der Waals surface area contributed by atoms with Gasteiger partial charge in [0.05, 0.1) is 5.69 Å². The van der Waals surface area contributed by atoms with Crippen molar-refractivity contribution in [1.82, 2.24) is 25.6 Å². The molecule has 3 aromatic rings. The number of fused-ring (bicyclic) bond motifs is 1. The quantitative estimate of drug-likeness (QED) is 0.677. The first-order valence-electron chi connectivity index (χ1n) is 8.50. The van der Waals surface area contributed by atoms with Crippen molar-refractivity contribution in [3.63, 3.8) is 0 Å². The van der Waals surface area contributed by atoms with Gasteiger partial charge in [0.15, 0.2) is 5.69 Å². The summed E-state index contributed by atoms with van der Waals surface area (Å²) in [6.45, 7) is 3.78. The summed E-state index contributed by atoms with van der Waals surface area (Å²) in [5.74, 6) is -0.888. The molecule has 4 rings (SSSR count). The minimum atomic E-state index is -0.533. The summed E-state index contributed by atoms with van der Waals surface area (Å²) in [7, 11) is 0. The number of carbonyl (C=O) groups is 1. The van der Waals surface area contributed by atoms with Gasteiger partial charge in [-0.25, -0.2) is 9.07 Å². The second-order valence-electron chi connectivity index (χ2n) is 6.42. The van der Waals surface area contributed by atoms with Gasteiger partial charge in [0.2, 0.25) is 0 Å². The maximum atomic E-state index is 14.1. The topological polar surface area (TPSA) is 71.8 Å². The van der Waals surface area contributed by atoms with Crippen molar-refractivity contribution in [2.75, 3.05) is 0 Å². The van der Waals surface area contributed by atoms with Crippen LogP contribution in [0, 0.1) is 12.7 Å². The number of aromatic nitrogens is 3. The van der Waals surface area contributed by atoms with E-state index in [4.69, 9.17) is 11.6 Å². The Kier molecular flexibility index (Phi) is 5.98. The number of rotatable bonds is 4. The SMILES string of the molecule is Cc1c(C(=O)NCc2ccc3c(c2)CNC3)nnn1-c1ccc(Cl)cc1F.Cl. The van der Waals surface area contributed by atoms with E-state index in [2.05, 4.69) is 33.1 Å². The molecule has 28 heavy (non-hydrogen) atoms. The molecular weight excluding hydrogens is 404 g/mol. The van der Waals surface area contributed by atoms with E-state index < -0.39 is 5.82 Å². The Labute approximate surface area is 172 Å². The summed E-state index contributed by atoms with van der Waals surface area (Å²) in [5.41, 5.74) is 4.35. The van der Waals surface area contributed by atoms with Crippen LogP contribution in [0.25, 0.3) is 5.69 Å². The molecule has 146 valence electrons. The Balaban J connectivity index is 0.00000225. The normalized spacial score (nSPS) is 12.4. The highest BCUT2D eigenvalue weighted by molar-refractivity contribution is 6.30. The Morgan fingerprint density at radius 1 is 1.25 bits per heavy atom. The highest BCUT2D eigenvalue weighted by Crippen LogP contribution is 2.20. The smallest absolute Gasteiger partial charge is 0.274 e. The van der Waals surface area contributed by atoms with Crippen LogP contribution in [0.15, 0.2) is 36.4 Å². The summed E-state index contributed by atoms with van der Waals surface area (Å²) in [5, 5.41) is 14.3. The highest BCUT2D eigenvalue weighted by atomic mass is 35.5. The standard InChI is InChI=1S/C19H17ClFN5O.ClH/c1-11-18(24-25-26(11)17-5-4-15(20)7-16(17)21)19(27)23-8-12-2-3-13-9-22-10-14(13)6-12;/h2-7,22H,8-10H2,1H3,(H,23,27);1H. The van der Waals surface area contributed by atoms with Gasteiger partial charge in [-0.15, -0.1) is 17.5 Å². The fourth-order valence-electron chi connectivity index (χ4n) is 3.14. The number of nitrogens with one attached hydrogen (secondary N) is 2. The van der Waals surface area contributed by atoms with E-state index in [1.807, 2.05) is 6.07 Å². The molecule has 0 saturated heterocycles. The van der Waals surface area contributed by atoms with Crippen LogP contribution in [0.2, 0.25) is 5.02 Å². The monoisotopic (exact) mass is 421 g/mol. The van der Waals surface area contributed by atoms with Crippen LogP contribution >= 0.6 is 24.0 Å². The lowest BCUT2D eigenvalue weighted by molar-refractivity contribution is 0.0945. The summed E-state index contributed by atoms with van der Waals surface area (Å²) < 4.78 is 15.4. The van der Waals surface area contributed by atoms with Crippen molar-refractivity contribution in [3.05, 3.63) is 75.3 Å². The van der Waals surface area contributed by atoms with Crippen LogP contribution in [0.3, 0.4) is 0 Å². The van der Waals surface area contributed by atoms with Gasteiger partial charge >= 0.3 is 0 Å². The minimum Gasteiger partial charge on any atom is -0.347 e. The number of hydrogen-bond acceptors (Lipinski definition) is 4. The van der Waals surface area contributed by atoms with E-state index in [0.717, 1.165) is 18.7 Å². The third-order valence-corrected chi connectivity index (χ3v) is 4.84. The van der Waals surface area contributed by atoms with E-state index in [1.165, 1.54) is 27.9 Å². The largest absolute Gasteiger partial charge is 0.347 e. The lowest BCUT2D eigenvalue weighted by Gasteiger charge is -2.07. The van der Waals surface area contributed by atoms with Gasteiger partial charge in [-0.3, -0.25) is 4.79 Å². The average Bonchev–Trinajstić information content (AvgIpc) is 3.26. The second kappa shape index (κ2) is 8.26. The fraction of sp³-hybridized carbons (Fsp3) is 0.211. The first kappa shape index (κ1) is 20.3. The molecule has 0 unspecified atom stereocenters. The summed E-state index contributed by atoms with van der Waals surface area (Å²) in [6.07, 6.45) is 0. The lowest BCUT2D eigenvalue weighted by Crippen LogP contribution is -2.24. The number of halogens is 3. The predicted octanol–water partition coefficient (Wildman–Crippen LogP) is 3.32. The first-order chi connectivity index (χ1) is 13.0. The van der Waals surface area contributed by atoms with Crippen molar-refractivity contribution >= 4 is 29.9 Å². The molecule has 0 fully saturated rings. The number of carbonyl (C=O) groups excluding carboxylic acids is 1. The van der Waals surface area contributed by atoms with Gasteiger partial charge in [0.1, 0.15) is 11.5 Å². The second-order valence-corrected chi connectivity index (χ2v) is 6.86. The van der Waals surface area contributed by atoms with Crippen molar-refractivity contribution in [2.24, 2.45) is 0 Å². The van der Waals surface area contributed by atoms with Crippen LogP contribution in [0.5, 0.6) is 0 Å². The lowest BCUT2D eigenvalue weighted by atomic mass is 10.1. The third kappa shape index (κ3) is 3.87. The molecule has 1 aliphatic rings. The van der Waals surface area contributed by atoms with Crippen LogP contribution in [-0.2, 0) is 19.6 Å². The van der Waals surface area contributed by atoms with Crippen LogP contribution in [0.1, 0.15) is 32.9 Å². The number of amides is 1. The van der Waals surface area contributed by atoms with E-state index in [9.17, 15) is 9.18 Å². The van der Waals surface area contributed by atoms with Gasteiger partial charge in [-0.05, 0) is 41.8 Å². The van der Waals surface area contributed by atoms with Gasteiger partial charge in [-0.1, -0.05) is 35.0 Å². The molecule has 6 nitrogen and oxygen atoms in total.